The molecule has 8 fully saturated rings. The number of aliphatic hydroxyl groups excluding tert-OH is 2. The molecule has 10 heterocycles. The number of amides is 4. The van der Waals surface area contributed by atoms with Crippen LogP contribution in [-0.2, 0) is 30.0 Å². The number of carbonyl (C=O) groups is 4. The molecule has 4 N–H and O–H groups in total. The number of rotatable bonds is 1. The summed E-state index contributed by atoms with van der Waals surface area (Å²) in [6.07, 6.45) is -5.21. The van der Waals surface area contributed by atoms with E-state index in [1.54, 1.807) is 27.9 Å². The van der Waals surface area contributed by atoms with Crippen molar-refractivity contribution in [1.82, 2.24) is 19.6 Å². The molecular formula is C30H28N6O6S4. The molecular weight excluding hydrogens is 669 g/mol. The van der Waals surface area contributed by atoms with Gasteiger partial charge in [0.2, 0.25) is 9.74 Å². The molecule has 2 aromatic carbocycles. The van der Waals surface area contributed by atoms with Gasteiger partial charge in [0.05, 0.1) is 10.8 Å². The monoisotopic (exact) mass is 696 g/mol. The number of para-hydroxylation sites is 2. The molecule has 0 saturated carbocycles. The molecule has 12 rings (SSSR count). The molecule has 4 bridgehead atoms. The zero-order valence-corrected chi connectivity index (χ0v) is 28.1. The summed E-state index contributed by atoms with van der Waals surface area (Å²) in [4.78, 5) is 58.2. The lowest BCUT2D eigenvalue weighted by atomic mass is 9.52. The van der Waals surface area contributed by atoms with Crippen molar-refractivity contribution in [1.29, 1.82) is 0 Å². The van der Waals surface area contributed by atoms with Gasteiger partial charge in [0, 0.05) is 25.5 Å². The molecule has 10 aliphatic heterocycles. The number of anilines is 2. The first kappa shape index (κ1) is 28.3. The number of benzene rings is 2. The summed E-state index contributed by atoms with van der Waals surface area (Å²) in [5, 5.41) is 33.6. The molecule has 12 nitrogen and oxygen atoms in total. The van der Waals surface area contributed by atoms with E-state index in [0.717, 1.165) is 0 Å². The van der Waals surface area contributed by atoms with Crippen LogP contribution in [0.4, 0.5) is 11.4 Å². The fourth-order valence-corrected chi connectivity index (χ4v) is 16.9. The number of piperazine rings is 2. The summed E-state index contributed by atoms with van der Waals surface area (Å²) in [5.41, 5.74) is -0.775. The van der Waals surface area contributed by atoms with Crippen molar-refractivity contribution in [2.75, 3.05) is 24.7 Å². The average molecular weight is 697 g/mol. The molecule has 10 atom stereocenters. The van der Waals surface area contributed by atoms with Crippen LogP contribution in [0, 0.1) is 0 Å². The predicted molar refractivity (Wildman–Crippen MR) is 175 cm³/mol. The van der Waals surface area contributed by atoms with Crippen LogP contribution in [0.3, 0.4) is 0 Å². The van der Waals surface area contributed by atoms with Crippen molar-refractivity contribution in [3.63, 3.8) is 0 Å². The molecule has 0 aliphatic carbocycles. The summed E-state index contributed by atoms with van der Waals surface area (Å²) in [6.45, 7) is 3.42. The molecule has 3 unspecified atom stereocenters. The first-order valence-electron chi connectivity index (χ1n) is 14.9. The molecule has 0 aromatic heterocycles. The number of fused-ring (bicyclic) bond motifs is 11. The molecule has 8 saturated heterocycles. The van der Waals surface area contributed by atoms with E-state index in [4.69, 9.17) is 0 Å². The van der Waals surface area contributed by atoms with Crippen molar-refractivity contribution in [3.8, 4) is 0 Å². The molecule has 2 aromatic rings. The van der Waals surface area contributed by atoms with Crippen LogP contribution in [0.1, 0.15) is 25.0 Å². The molecule has 46 heavy (non-hydrogen) atoms. The van der Waals surface area contributed by atoms with Crippen molar-refractivity contribution in [2.45, 2.75) is 68.7 Å². The van der Waals surface area contributed by atoms with Gasteiger partial charge < -0.3 is 30.6 Å². The standard InChI is InChI=1S/C30H28N6O6S4/c1-25-21(39)35-19-27(13-9-5-7-11-15(13)31-19,17(37)29(35,45-43-25)23(41)33(25)3)28-14-10-6-8-12-16(14)32-20(28)36-22(40)26(2)34(4)24(42)30(36,18(28)38)46-44-26/h5-12,17-20,31-32,37-38H,1-4H3/t17-,18-,19+,20+,25?,26?,27-,28?,29-,30-/m0/s1. The van der Waals surface area contributed by atoms with Gasteiger partial charge >= 0.3 is 0 Å². The second-order valence-corrected chi connectivity index (χ2v) is 19.0. The zero-order chi connectivity index (χ0) is 32.1. The van der Waals surface area contributed by atoms with Gasteiger partial charge in [0.15, 0.2) is 9.74 Å². The molecule has 0 radical (unpaired) electrons. The fourth-order valence-electron chi connectivity index (χ4n) is 9.79. The second-order valence-electron chi connectivity index (χ2n) is 13.5. The third kappa shape index (κ3) is 2.30. The van der Waals surface area contributed by atoms with Gasteiger partial charge in [-0.25, -0.2) is 0 Å². The van der Waals surface area contributed by atoms with Crippen molar-refractivity contribution >= 4 is 78.2 Å². The molecule has 4 amide bonds. The largest absolute Gasteiger partial charge is 0.388 e. The van der Waals surface area contributed by atoms with Gasteiger partial charge in [-0.2, -0.15) is 0 Å². The lowest BCUT2D eigenvalue weighted by Gasteiger charge is -2.58. The van der Waals surface area contributed by atoms with Crippen LogP contribution in [-0.4, -0.2) is 112 Å². The number of hydrogen-bond acceptors (Lipinski definition) is 12. The summed E-state index contributed by atoms with van der Waals surface area (Å²) in [6, 6.07) is 14.8. The number of nitrogens with zero attached hydrogens (tertiary/aromatic N) is 4. The van der Waals surface area contributed by atoms with Crippen molar-refractivity contribution < 1.29 is 29.4 Å². The van der Waals surface area contributed by atoms with E-state index in [9.17, 15) is 29.4 Å². The molecule has 2 spiro atoms. The van der Waals surface area contributed by atoms with E-state index in [0.29, 0.717) is 22.5 Å². The Labute approximate surface area is 279 Å². The average Bonchev–Trinajstić information content (AvgIpc) is 3.70. The summed E-state index contributed by atoms with van der Waals surface area (Å²) < 4.78 is 0. The fraction of sp³-hybridized carbons (Fsp3) is 0.467. The Hall–Kier alpha value is -2.76. The highest BCUT2D eigenvalue weighted by molar-refractivity contribution is 8.78. The first-order chi connectivity index (χ1) is 21.8. The first-order valence-corrected chi connectivity index (χ1v) is 19.2. The highest BCUT2D eigenvalue weighted by atomic mass is 33.1. The normalized spacial score (nSPS) is 47.0. The van der Waals surface area contributed by atoms with Gasteiger partial charge in [-0.15, -0.1) is 0 Å². The molecule has 16 heteroatoms. The van der Waals surface area contributed by atoms with Crippen molar-refractivity contribution in [2.24, 2.45) is 0 Å². The van der Waals surface area contributed by atoms with E-state index in [1.807, 2.05) is 48.5 Å². The smallest absolute Gasteiger partial charge is 0.264 e. The quantitative estimate of drug-likeness (QED) is 0.320. The maximum atomic E-state index is 14.7. The predicted octanol–water partition coefficient (Wildman–Crippen LogP) is 1.33. The van der Waals surface area contributed by atoms with Gasteiger partial charge in [0.1, 0.15) is 24.5 Å². The molecule has 10 aliphatic rings. The van der Waals surface area contributed by atoms with Crippen LogP contribution < -0.4 is 10.6 Å². The lowest BCUT2D eigenvalue weighted by Crippen LogP contribution is -2.77. The summed E-state index contributed by atoms with van der Waals surface area (Å²) in [7, 11) is 7.98. The van der Waals surface area contributed by atoms with Crippen LogP contribution in [0.25, 0.3) is 0 Å². The van der Waals surface area contributed by atoms with E-state index < -0.39 is 66.7 Å². The minimum Gasteiger partial charge on any atom is -0.388 e. The van der Waals surface area contributed by atoms with Crippen LogP contribution in [0.15, 0.2) is 48.5 Å². The number of likely N-dealkylation sites (N-methyl/N-ethyl adjacent to an activating group) is 2. The third-order valence-corrected chi connectivity index (χ3v) is 19.5. The minimum absolute atomic E-state index is 0.342. The van der Waals surface area contributed by atoms with Gasteiger partial charge in [-0.1, -0.05) is 58.0 Å². The van der Waals surface area contributed by atoms with E-state index in [-0.39, 0.29) is 11.8 Å². The minimum atomic E-state index is -1.76. The summed E-state index contributed by atoms with van der Waals surface area (Å²) >= 11 is 0. The van der Waals surface area contributed by atoms with E-state index in [1.165, 1.54) is 62.8 Å². The van der Waals surface area contributed by atoms with Crippen molar-refractivity contribution in [3.05, 3.63) is 59.7 Å². The number of hydrogen-bond donors (Lipinski definition) is 4. The molecule has 238 valence electrons. The van der Waals surface area contributed by atoms with E-state index in [2.05, 4.69) is 10.6 Å². The Morgan fingerprint density at radius 1 is 0.609 bits per heavy atom. The Kier molecular flexibility index (Phi) is 4.87. The Morgan fingerprint density at radius 3 is 1.37 bits per heavy atom. The Balaban J connectivity index is 1.36. The maximum Gasteiger partial charge on any atom is 0.264 e. The second kappa shape index (κ2) is 7.92. The van der Waals surface area contributed by atoms with Crippen LogP contribution in [0.5, 0.6) is 0 Å². The van der Waals surface area contributed by atoms with Gasteiger partial charge in [0.25, 0.3) is 23.6 Å². The van der Waals surface area contributed by atoms with Gasteiger partial charge in [-0.3, -0.25) is 29.0 Å². The number of nitrogens with one attached hydrogen (secondary N) is 2. The van der Waals surface area contributed by atoms with Gasteiger partial charge in [-0.05, 0) is 58.7 Å². The topological polar surface area (TPSA) is 146 Å². The zero-order valence-electron chi connectivity index (χ0n) is 24.9. The Bertz CT molecular complexity index is 1760. The maximum absolute atomic E-state index is 14.7. The Morgan fingerprint density at radius 2 is 0.978 bits per heavy atom. The highest BCUT2D eigenvalue weighted by Gasteiger charge is 2.92. The van der Waals surface area contributed by atoms with Crippen LogP contribution >= 0.6 is 43.2 Å². The SMILES string of the molecule is CN1C(=O)[C@]23SSC1(C)C(=O)N2[C@H]1Nc2ccccc2C1([C@]12c4ccccc4N[C@@H]1N1C(=O)C4(C)SS[C@]1(C(=O)N4C)[C@H]2O)[C@@H]3O. The number of carbonyl (C=O) groups excluding carboxylic acids is 4. The highest BCUT2D eigenvalue weighted by Crippen LogP contribution is 2.78. The summed E-state index contributed by atoms with van der Waals surface area (Å²) in [5.74, 6) is -1.52. The lowest BCUT2D eigenvalue weighted by molar-refractivity contribution is -0.166. The third-order valence-electron chi connectivity index (χ3n) is 12.1. The van der Waals surface area contributed by atoms with E-state index >= 15 is 0 Å². The van der Waals surface area contributed by atoms with Crippen LogP contribution in [0.2, 0.25) is 0 Å². The number of aliphatic hydroxyl groups is 2.